The van der Waals surface area contributed by atoms with Crippen molar-refractivity contribution in [1.29, 1.82) is 0 Å². The minimum Gasteiger partial charge on any atom is -0.175 e. The van der Waals surface area contributed by atoms with Gasteiger partial charge in [-0.25, -0.2) is 0 Å². The molecule has 0 heterocycles. The van der Waals surface area contributed by atoms with Crippen LogP contribution in [-0.4, -0.2) is 5.25 Å². The van der Waals surface area contributed by atoms with E-state index in [-0.39, 0.29) is 0 Å². The van der Waals surface area contributed by atoms with Crippen molar-refractivity contribution in [2.45, 2.75) is 138 Å². The van der Waals surface area contributed by atoms with Crippen LogP contribution in [0.1, 0.15) is 132 Å². The van der Waals surface area contributed by atoms with Crippen molar-refractivity contribution >= 4 is 12.6 Å². The Morgan fingerprint density at radius 1 is 0.833 bits per heavy atom. The first kappa shape index (κ1) is 27.6. The molecule has 5 fully saturated rings. The molecule has 0 spiro atoms. The molecule has 0 N–H and O–H groups in total. The lowest BCUT2D eigenvalue weighted by molar-refractivity contribution is -0.258. The topological polar surface area (TPSA) is 0 Å². The van der Waals surface area contributed by atoms with E-state index in [1.165, 1.54) is 77.0 Å². The summed E-state index contributed by atoms with van der Waals surface area (Å²) in [6, 6.07) is 0. The van der Waals surface area contributed by atoms with E-state index in [9.17, 15) is 0 Å². The highest BCUT2D eigenvalue weighted by Gasteiger charge is 2.71. The normalized spacial score (nSPS) is 56.0. The minimum atomic E-state index is 0.338. The molecule has 0 bridgehead atoms. The van der Waals surface area contributed by atoms with Gasteiger partial charge in [-0.2, -0.15) is 12.6 Å². The van der Waals surface area contributed by atoms with Crippen molar-refractivity contribution in [2.75, 3.05) is 0 Å². The van der Waals surface area contributed by atoms with Crippen LogP contribution in [0.2, 0.25) is 0 Å². The van der Waals surface area contributed by atoms with Gasteiger partial charge in [0.1, 0.15) is 0 Å². The lowest BCUT2D eigenvalue weighted by atomic mass is 9.30. The molecule has 5 aliphatic rings. The van der Waals surface area contributed by atoms with Crippen molar-refractivity contribution in [1.82, 2.24) is 0 Å². The molecule has 206 valence electrons. The van der Waals surface area contributed by atoms with E-state index < -0.39 is 0 Å². The highest BCUT2D eigenvalue weighted by Crippen LogP contribution is 2.78. The molecular formula is C35H60S. The van der Waals surface area contributed by atoms with Crippen molar-refractivity contribution in [2.24, 2.45) is 68.5 Å². The van der Waals surface area contributed by atoms with Gasteiger partial charge in [0.05, 0.1) is 0 Å². The molecule has 0 radical (unpaired) electrons. The summed E-state index contributed by atoms with van der Waals surface area (Å²) in [6.07, 6.45) is 19.1. The molecule has 5 aliphatic carbocycles. The molecule has 2 unspecified atom stereocenters. The maximum Gasteiger partial charge on any atom is 0.00736 e. The van der Waals surface area contributed by atoms with Crippen molar-refractivity contribution in [3.63, 3.8) is 0 Å². The van der Waals surface area contributed by atoms with E-state index in [0.29, 0.717) is 32.3 Å². The Morgan fingerprint density at radius 2 is 1.56 bits per heavy atom. The van der Waals surface area contributed by atoms with E-state index >= 15 is 0 Å². The van der Waals surface area contributed by atoms with Crippen LogP contribution < -0.4 is 0 Å². The van der Waals surface area contributed by atoms with Gasteiger partial charge in [-0.15, -0.1) is 6.58 Å². The van der Waals surface area contributed by atoms with E-state index in [4.69, 9.17) is 12.6 Å². The first-order valence-corrected chi connectivity index (χ1v) is 16.6. The summed E-state index contributed by atoms with van der Waals surface area (Å²) >= 11 is 5.29. The molecule has 0 aromatic heterocycles. The number of allylic oxidation sites excluding steroid dienone is 1. The second-order valence-electron chi connectivity index (χ2n) is 16.6. The van der Waals surface area contributed by atoms with Crippen LogP contribution in [0, 0.1) is 68.5 Å². The third-order valence-corrected chi connectivity index (χ3v) is 16.2. The van der Waals surface area contributed by atoms with Crippen LogP contribution in [-0.2, 0) is 0 Å². The van der Waals surface area contributed by atoms with E-state index in [0.717, 1.165) is 41.4 Å². The molecule has 5 saturated carbocycles. The maximum atomic E-state index is 5.29. The van der Waals surface area contributed by atoms with Crippen LogP contribution in [0.25, 0.3) is 0 Å². The average Bonchev–Trinajstić information content (AvgIpc) is 2.81. The molecule has 0 saturated heterocycles. The van der Waals surface area contributed by atoms with Gasteiger partial charge >= 0.3 is 0 Å². The van der Waals surface area contributed by atoms with Crippen LogP contribution >= 0.6 is 12.6 Å². The van der Waals surface area contributed by atoms with Gasteiger partial charge < -0.3 is 0 Å². The zero-order valence-corrected chi connectivity index (χ0v) is 26.2. The fraction of sp³-hybridized carbons (Fsp3) is 0.943. The Labute approximate surface area is 231 Å². The summed E-state index contributed by atoms with van der Waals surface area (Å²) in [4.78, 5) is 0. The van der Waals surface area contributed by atoms with Crippen LogP contribution in [0.5, 0.6) is 0 Å². The fourth-order valence-corrected chi connectivity index (χ4v) is 13.1. The zero-order chi connectivity index (χ0) is 26.3. The Bertz CT molecular complexity index is 844. The summed E-state index contributed by atoms with van der Waals surface area (Å²) in [6.45, 7) is 25.6. The third kappa shape index (κ3) is 3.58. The average molecular weight is 513 g/mol. The first-order chi connectivity index (χ1) is 16.8. The number of rotatable bonds is 4. The third-order valence-electron chi connectivity index (χ3n) is 15.3. The van der Waals surface area contributed by atoms with Crippen molar-refractivity contribution in [3.05, 3.63) is 12.7 Å². The van der Waals surface area contributed by atoms with Gasteiger partial charge in [-0.3, -0.25) is 0 Å². The highest BCUT2D eigenvalue weighted by atomic mass is 32.1. The monoisotopic (exact) mass is 512 g/mol. The van der Waals surface area contributed by atoms with Gasteiger partial charge in [-0.1, -0.05) is 61.5 Å². The number of hydrogen-bond acceptors (Lipinski definition) is 1. The fourth-order valence-electron chi connectivity index (χ4n) is 12.7. The predicted molar refractivity (Wildman–Crippen MR) is 160 cm³/mol. The van der Waals surface area contributed by atoms with Gasteiger partial charge in [0.15, 0.2) is 0 Å². The molecule has 36 heavy (non-hydrogen) atoms. The molecule has 0 amide bonds. The minimum absolute atomic E-state index is 0.338. The van der Waals surface area contributed by atoms with E-state index in [1.807, 2.05) is 0 Å². The molecule has 0 aromatic rings. The molecule has 0 aromatic carbocycles. The lowest BCUT2D eigenvalue weighted by Crippen LogP contribution is -2.68. The molecule has 0 aliphatic heterocycles. The molecule has 12 atom stereocenters. The maximum absolute atomic E-state index is 5.29. The van der Waals surface area contributed by atoms with Crippen LogP contribution in [0.4, 0.5) is 0 Å². The standard InChI is InChI=1S/C35H60S/c1-10-11-12-13-25-22-29(36)31(4,5)27-17-19-34(8)28(35(25,27)9)15-14-26-30-24(3)23(2)16-18-32(30,6)20-21-33(26,34)7/h10,23-30,36H,1,11-22H2,2-9H3/t23-,24+,25?,26-,27+,28+,29?,30+,32-,33-,34-,35+/m1/s1. The summed E-state index contributed by atoms with van der Waals surface area (Å²) in [5.74, 6) is 6.19. The number of hydrogen-bond donors (Lipinski definition) is 1. The summed E-state index contributed by atoms with van der Waals surface area (Å²) < 4.78 is 0. The second-order valence-corrected chi connectivity index (χ2v) is 17.2. The molecule has 1 heteroatoms. The smallest absolute Gasteiger partial charge is 0.00736 e. The number of fused-ring (bicyclic) bond motifs is 7. The number of thiol groups is 1. The van der Waals surface area contributed by atoms with E-state index in [1.54, 1.807) is 0 Å². The van der Waals surface area contributed by atoms with E-state index in [2.05, 4.69) is 68.0 Å². The number of unbranched alkanes of at least 4 members (excludes halogenated alkanes) is 1. The van der Waals surface area contributed by atoms with Crippen molar-refractivity contribution in [3.8, 4) is 0 Å². The van der Waals surface area contributed by atoms with Gasteiger partial charge in [0.25, 0.3) is 0 Å². The first-order valence-electron chi connectivity index (χ1n) is 16.1. The van der Waals surface area contributed by atoms with Crippen LogP contribution in [0.3, 0.4) is 0 Å². The predicted octanol–water partition coefficient (Wildman–Crippen LogP) is 10.6. The quantitative estimate of drug-likeness (QED) is 0.216. The highest BCUT2D eigenvalue weighted by molar-refractivity contribution is 7.81. The van der Waals surface area contributed by atoms with Gasteiger partial charge in [0.2, 0.25) is 0 Å². The Kier molecular flexibility index (Phi) is 6.96. The molecule has 0 nitrogen and oxygen atoms in total. The molecule has 5 rings (SSSR count). The summed E-state index contributed by atoms with van der Waals surface area (Å²) in [5, 5.41) is 0.542. The van der Waals surface area contributed by atoms with Crippen molar-refractivity contribution < 1.29 is 0 Å². The summed E-state index contributed by atoms with van der Waals surface area (Å²) in [5.41, 5.74) is 2.38. The second kappa shape index (κ2) is 9.06. The largest absolute Gasteiger partial charge is 0.175 e. The van der Waals surface area contributed by atoms with Crippen LogP contribution in [0.15, 0.2) is 12.7 Å². The van der Waals surface area contributed by atoms with Gasteiger partial charge in [-0.05, 0) is 146 Å². The zero-order valence-electron chi connectivity index (χ0n) is 25.3. The van der Waals surface area contributed by atoms with Gasteiger partial charge in [0, 0.05) is 5.25 Å². The lowest BCUT2D eigenvalue weighted by Gasteiger charge is -2.75. The summed E-state index contributed by atoms with van der Waals surface area (Å²) in [7, 11) is 0. The Morgan fingerprint density at radius 3 is 2.25 bits per heavy atom. The Hall–Kier alpha value is 0.0900. The SMILES string of the molecule is C=CCCCC1CC(S)C(C)(C)[C@@H]2CC[C@]3(C)[C@H](CC[C@@H]4[C@@H]5[C@@H](C)[C@H](C)CC[C@]5(C)CC[C@]43C)[C@@]12C. The molecular weight excluding hydrogens is 452 g/mol. The Balaban J connectivity index is 1.54.